The number of carbonyl (C=O) groups excluding carboxylic acids is 3. The Morgan fingerprint density at radius 2 is 1.81 bits per heavy atom. The van der Waals surface area contributed by atoms with Crippen LogP contribution in [-0.2, 0) is 14.4 Å². The zero-order valence-corrected chi connectivity index (χ0v) is 12.8. The van der Waals surface area contributed by atoms with Crippen LogP contribution >= 0.6 is 0 Å². The molecule has 1 aliphatic heterocycles. The third kappa shape index (κ3) is 3.71. The van der Waals surface area contributed by atoms with Crippen molar-refractivity contribution >= 4 is 17.7 Å². The van der Waals surface area contributed by atoms with Gasteiger partial charge in [-0.15, -0.1) is 0 Å². The van der Waals surface area contributed by atoms with Gasteiger partial charge in [0.25, 0.3) is 0 Å². The zero-order chi connectivity index (χ0) is 15.4. The van der Waals surface area contributed by atoms with E-state index in [1.165, 1.54) is 4.90 Å². The molecular formula is C16H24N2O3. The van der Waals surface area contributed by atoms with Gasteiger partial charge in [-0.25, -0.2) is 0 Å². The topological polar surface area (TPSA) is 66.5 Å². The van der Waals surface area contributed by atoms with Gasteiger partial charge in [0.15, 0.2) is 0 Å². The van der Waals surface area contributed by atoms with Gasteiger partial charge in [-0.05, 0) is 25.2 Å². The van der Waals surface area contributed by atoms with Gasteiger partial charge in [-0.1, -0.05) is 26.0 Å². The molecule has 0 spiro atoms. The van der Waals surface area contributed by atoms with E-state index < -0.39 is 0 Å². The molecule has 0 saturated carbocycles. The lowest BCUT2D eigenvalue weighted by Gasteiger charge is -2.14. The van der Waals surface area contributed by atoms with Crippen LogP contribution in [0.3, 0.4) is 0 Å². The van der Waals surface area contributed by atoms with Crippen molar-refractivity contribution in [2.24, 2.45) is 17.8 Å². The van der Waals surface area contributed by atoms with Gasteiger partial charge in [0.2, 0.25) is 17.7 Å². The van der Waals surface area contributed by atoms with Crippen molar-refractivity contribution in [3.63, 3.8) is 0 Å². The molecule has 2 rings (SSSR count). The number of imide groups is 1. The van der Waals surface area contributed by atoms with Crippen molar-refractivity contribution in [3.05, 3.63) is 12.2 Å². The summed E-state index contributed by atoms with van der Waals surface area (Å²) in [7, 11) is 0. The smallest absolute Gasteiger partial charge is 0.233 e. The maximum atomic E-state index is 12.2. The number of nitrogens with zero attached hydrogens (tertiary/aromatic N) is 1. The third-order valence-corrected chi connectivity index (χ3v) is 4.09. The second kappa shape index (κ2) is 6.87. The van der Waals surface area contributed by atoms with E-state index >= 15 is 0 Å². The Bertz CT molecular complexity index is 430. The fraction of sp³-hybridized carbons (Fsp3) is 0.688. The average Bonchev–Trinajstić information content (AvgIpc) is 2.70. The summed E-state index contributed by atoms with van der Waals surface area (Å²) in [6, 6.07) is 0. The van der Waals surface area contributed by atoms with Gasteiger partial charge < -0.3 is 5.32 Å². The summed E-state index contributed by atoms with van der Waals surface area (Å²) < 4.78 is 0. The van der Waals surface area contributed by atoms with Gasteiger partial charge >= 0.3 is 0 Å². The normalized spacial score (nSPS) is 24.6. The summed E-state index contributed by atoms with van der Waals surface area (Å²) in [5.74, 6) is -0.0448. The van der Waals surface area contributed by atoms with E-state index in [0.717, 1.165) is 0 Å². The molecule has 5 nitrogen and oxygen atoms in total. The van der Waals surface area contributed by atoms with Crippen LogP contribution < -0.4 is 5.32 Å². The molecule has 1 N–H and O–H groups in total. The van der Waals surface area contributed by atoms with Gasteiger partial charge in [0.05, 0.1) is 11.8 Å². The van der Waals surface area contributed by atoms with E-state index in [4.69, 9.17) is 0 Å². The molecule has 0 unspecified atom stereocenters. The van der Waals surface area contributed by atoms with Crippen LogP contribution in [0, 0.1) is 17.8 Å². The summed E-state index contributed by atoms with van der Waals surface area (Å²) in [6.07, 6.45) is 6.19. The molecule has 0 aromatic rings. The minimum atomic E-state index is -0.169. The molecule has 0 aromatic heterocycles. The molecule has 1 fully saturated rings. The number of rotatable bonds is 6. The monoisotopic (exact) mass is 292 g/mol. The maximum absolute atomic E-state index is 12.2. The Kier molecular flexibility index (Phi) is 5.15. The Hall–Kier alpha value is -1.65. The van der Waals surface area contributed by atoms with Crippen molar-refractivity contribution < 1.29 is 14.4 Å². The van der Waals surface area contributed by atoms with E-state index in [1.807, 2.05) is 26.0 Å². The fourth-order valence-corrected chi connectivity index (χ4v) is 2.89. The molecular weight excluding hydrogens is 268 g/mol. The van der Waals surface area contributed by atoms with Gasteiger partial charge in [0, 0.05) is 19.5 Å². The molecule has 2 aliphatic rings. The second-order valence-electron chi connectivity index (χ2n) is 6.29. The summed E-state index contributed by atoms with van der Waals surface area (Å²) in [5, 5.41) is 2.84. The first-order valence-corrected chi connectivity index (χ1v) is 7.77. The van der Waals surface area contributed by atoms with Crippen molar-refractivity contribution in [2.45, 2.75) is 39.5 Å². The molecule has 5 heteroatoms. The van der Waals surface area contributed by atoms with E-state index in [-0.39, 0.29) is 29.6 Å². The van der Waals surface area contributed by atoms with Crippen LogP contribution in [0.2, 0.25) is 0 Å². The van der Waals surface area contributed by atoms with Gasteiger partial charge in [-0.3, -0.25) is 19.3 Å². The molecule has 21 heavy (non-hydrogen) atoms. The van der Waals surface area contributed by atoms with Crippen molar-refractivity contribution in [2.75, 3.05) is 13.1 Å². The minimum absolute atomic E-state index is 0.0122. The second-order valence-corrected chi connectivity index (χ2v) is 6.29. The highest BCUT2D eigenvalue weighted by atomic mass is 16.2. The number of hydrogen-bond donors (Lipinski definition) is 1. The molecule has 2 atom stereocenters. The lowest BCUT2D eigenvalue weighted by atomic mass is 9.85. The largest absolute Gasteiger partial charge is 0.356 e. The van der Waals surface area contributed by atoms with E-state index in [9.17, 15) is 14.4 Å². The van der Waals surface area contributed by atoms with Crippen LogP contribution in [0.1, 0.15) is 39.5 Å². The van der Waals surface area contributed by atoms with Crippen LogP contribution in [0.15, 0.2) is 12.2 Å². The molecule has 0 radical (unpaired) electrons. The molecule has 116 valence electrons. The average molecular weight is 292 g/mol. The molecule has 1 heterocycles. The van der Waals surface area contributed by atoms with Gasteiger partial charge in [0.1, 0.15) is 0 Å². The number of fused-ring (bicyclic) bond motifs is 1. The molecule has 0 bridgehead atoms. The van der Waals surface area contributed by atoms with E-state index in [0.29, 0.717) is 44.7 Å². The lowest BCUT2D eigenvalue weighted by molar-refractivity contribution is -0.140. The minimum Gasteiger partial charge on any atom is -0.356 e. The third-order valence-electron chi connectivity index (χ3n) is 4.09. The molecule has 0 aromatic carbocycles. The number of hydrogen-bond acceptors (Lipinski definition) is 3. The summed E-state index contributed by atoms with van der Waals surface area (Å²) in [4.78, 5) is 37.4. The summed E-state index contributed by atoms with van der Waals surface area (Å²) >= 11 is 0. The highest BCUT2D eigenvalue weighted by Gasteiger charge is 2.46. The quantitative estimate of drug-likeness (QED) is 0.596. The molecule has 3 amide bonds. The Morgan fingerprint density at radius 1 is 1.24 bits per heavy atom. The maximum Gasteiger partial charge on any atom is 0.233 e. The summed E-state index contributed by atoms with van der Waals surface area (Å²) in [5.41, 5.74) is 0. The van der Waals surface area contributed by atoms with Crippen molar-refractivity contribution in [1.29, 1.82) is 0 Å². The number of nitrogens with one attached hydrogen (secondary N) is 1. The number of carbonyl (C=O) groups is 3. The Balaban J connectivity index is 1.77. The highest BCUT2D eigenvalue weighted by Crippen LogP contribution is 2.35. The number of allylic oxidation sites excluding steroid dienone is 2. The number of amides is 3. The fourth-order valence-electron chi connectivity index (χ4n) is 2.89. The van der Waals surface area contributed by atoms with Crippen molar-refractivity contribution in [3.8, 4) is 0 Å². The van der Waals surface area contributed by atoms with Gasteiger partial charge in [-0.2, -0.15) is 0 Å². The predicted octanol–water partition coefficient (Wildman–Crippen LogP) is 1.49. The standard InChI is InChI=1S/C16H24N2O3/c1-11(2)10-17-14(19)8-5-9-18-15(20)12-6-3-4-7-13(12)16(18)21/h3-4,11-13H,5-10H2,1-2H3,(H,17,19)/t12-,13-/m0/s1. The highest BCUT2D eigenvalue weighted by molar-refractivity contribution is 6.05. The predicted molar refractivity (Wildman–Crippen MR) is 79.2 cm³/mol. The first-order valence-electron chi connectivity index (χ1n) is 7.77. The van der Waals surface area contributed by atoms with E-state index in [1.54, 1.807) is 0 Å². The Morgan fingerprint density at radius 3 is 2.33 bits per heavy atom. The lowest BCUT2D eigenvalue weighted by Crippen LogP contribution is -2.33. The van der Waals surface area contributed by atoms with Crippen LogP contribution in [0.25, 0.3) is 0 Å². The molecule has 1 saturated heterocycles. The molecule has 1 aliphatic carbocycles. The zero-order valence-electron chi connectivity index (χ0n) is 12.8. The van der Waals surface area contributed by atoms with E-state index in [2.05, 4.69) is 5.32 Å². The van der Waals surface area contributed by atoms with Crippen molar-refractivity contribution in [1.82, 2.24) is 10.2 Å². The summed E-state index contributed by atoms with van der Waals surface area (Å²) in [6.45, 7) is 5.10. The van der Waals surface area contributed by atoms with Crippen LogP contribution in [-0.4, -0.2) is 35.7 Å². The van der Waals surface area contributed by atoms with Crippen LogP contribution in [0.5, 0.6) is 0 Å². The Labute approximate surface area is 125 Å². The first kappa shape index (κ1) is 15.7. The van der Waals surface area contributed by atoms with Crippen LogP contribution in [0.4, 0.5) is 0 Å². The SMILES string of the molecule is CC(C)CNC(=O)CCCN1C(=O)[C@H]2CC=CC[C@@H]2C1=O. The number of likely N-dealkylation sites (tertiary alicyclic amines) is 1. The first-order chi connectivity index (χ1) is 10.0.